The first-order chi connectivity index (χ1) is 6.61. The largest absolute Gasteiger partial charge is 0.398 e. The molecule has 0 saturated carbocycles. The number of fused-ring (bicyclic) bond motifs is 1. The molecule has 5 heteroatoms. The quantitative estimate of drug-likeness (QED) is 0.717. The van der Waals surface area contributed by atoms with Gasteiger partial charge in [0.15, 0.2) is 0 Å². The van der Waals surface area contributed by atoms with Gasteiger partial charge in [-0.3, -0.25) is 0 Å². The number of nitrogen functional groups attached to an aromatic ring is 2. The highest BCUT2D eigenvalue weighted by Gasteiger charge is 2.17. The van der Waals surface area contributed by atoms with Crippen LogP contribution in [0, 0.1) is 0 Å². The molecule has 1 heterocycles. The molecule has 0 amide bonds. The SMILES string of the molecule is Nc1cc(N)c2sccc2c1C(F)F. The highest BCUT2D eigenvalue weighted by molar-refractivity contribution is 7.17. The zero-order valence-corrected chi connectivity index (χ0v) is 7.94. The van der Waals surface area contributed by atoms with Crippen molar-refractivity contribution in [1.29, 1.82) is 0 Å². The van der Waals surface area contributed by atoms with E-state index in [1.54, 1.807) is 11.4 Å². The third kappa shape index (κ3) is 1.21. The summed E-state index contributed by atoms with van der Waals surface area (Å²) in [4.78, 5) is 0. The minimum Gasteiger partial charge on any atom is -0.398 e. The molecule has 1 aromatic carbocycles. The summed E-state index contributed by atoms with van der Waals surface area (Å²) in [6.07, 6.45) is -2.56. The number of halogens is 2. The second-order valence-electron chi connectivity index (χ2n) is 2.93. The molecule has 4 N–H and O–H groups in total. The van der Waals surface area contributed by atoms with Gasteiger partial charge in [0, 0.05) is 16.6 Å². The summed E-state index contributed by atoms with van der Waals surface area (Å²) in [6.45, 7) is 0. The van der Waals surface area contributed by atoms with Gasteiger partial charge in [0.2, 0.25) is 0 Å². The number of benzene rings is 1. The topological polar surface area (TPSA) is 52.0 Å². The van der Waals surface area contributed by atoms with E-state index in [9.17, 15) is 8.78 Å². The molecule has 1 aromatic heterocycles. The van der Waals surface area contributed by atoms with E-state index in [0.29, 0.717) is 15.8 Å². The Morgan fingerprint density at radius 3 is 2.57 bits per heavy atom. The lowest BCUT2D eigenvalue weighted by atomic mass is 10.1. The van der Waals surface area contributed by atoms with Crippen LogP contribution in [0.2, 0.25) is 0 Å². The van der Waals surface area contributed by atoms with Crippen molar-refractivity contribution in [2.24, 2.45) is 0 Å². The lowest BCUT2D eigenvalue weighted by Gasteiger charge is -2.07. The number of nitrogens with two attached hydrogens (primary N) is 2. The molecule has 74 valence electrons. The molecule has 0 fully saturated rings. The standard InChI is InChI=1S/C9H8F2N2S/c10-9(11)7-4-1-2-14-8(4)6(13)3-5(7)12/h1-3,9H,12-13H2. The van der Waals surface area contributed by atoms with Crippen LogP contribution in [0.3, 0.4) is 0 Å². The van der Waals surface area contributed by atoms with E-state index in [2.05, 4.69) is 0 Å². The number of hydrogen-bond donors (Lipinski definition) is 2. The molecule has 0 unspecified atom stereocenters. The van der Waals surface area contributed by atoms with Crippen LogP contribution in [-0.2, 0) is 0 Å². The molecule has 2 nitrogen and oxygen atoms in total. The van der Waals surface area contributed by atoms with Crippen molar-refractivity contribution >= 4 is 32.8 Å². The van der Waals surface area contributed by atoms with Gasteiger partial charge in [0.25, 0.3) is 6.43 Å². The monoisotopic (exact) mass is 214 g/mol. The second-order valence-corrected chi connectivity index (χ2v) is 3.85. The van der Waals surface area contributed by atoms with Crippen LogP contribution in [0.25, 0.3) is 10.1 Å². The van der Waals surface area contributed by atoms with Gasteiger partial charge in [0.05, 0.1) is 10.4 Å². The summed E-state index contributed by atoms with van der Waals surface area (Å²) in [5, 5.41) is 2.19. The summed E-state index contributed by atoms with van der Waals surface area (Å²) < 4.78 is 26.0. The Kier molecular flexibility index (Phi) is 2.03. The van der Waals surface area contributed by atoms with E-state index < -0.39 is 6.43 Å². The maximum atomic E-state index is 12.7. The summed E-state index contributed by atoms with van der Waals surface area (Å²) in [7, 11) is 0. The maximum Gasteiger partial charge on any atom is 0.266 e. The van der Waals surface area contributed by atoms with E-state index in [-0.39, 0.29) is 11.3 Å². The van der Waals surface area contributed by atoms with E-state index >= 15 is 0 Å². The summed E-state index contributed by atoms with van der Waals surface area (Å²) in [5.41, 5.74) is 11.5. The number of thiophene rings is 1. The van der Waals surface area contributed by atoms with Crippen LogP contribution < -0.4 is 11.5 Å². The van der Waals surface area contributed by atoms with Gasteiger partial charge in [-0.15, -0.1) is 11.3 Å². The molecule has 2 aromatic rings. The highest BCUT2D eigenvalue weighted by atomic mass is 32.1. The Morgan fingerprint density at radius 2 is 1.93 bits per heavy atom. The Balaban J connectivity index is 2.86. The molecule has 0 spiro atoms. The lowest BCUT2D eigenvalue weighted by Crippen LogP contribution is -1.97. The van der Waals surface area contributed by atoms with Crippen molar-refractivity contribution in [2.45, 2.75) is 6.43 Å². The van der Waals surface area contributed by atoms with E-state index in [0.717, 1.165) is 0 Å². The van der Waals surface area contributed by atoms with Crippen molar-refractivity contribution in [3.05, 3.63) is 23.1 Å². The molecule has 0 bridgehead atoms. The molecular formula is C9H8F2N2S. The fourth-order valence-electron chi connectivity index (χ4n) is 1.45. The van der Waals surface area contributed by atoms with E-state index in [1.165, 1.54) is 17.4 Å². The average molecular weight is 214 g/mol. The predicted molar refractivity (Wildman–Crippen MR) is 55.6 cm³/mol. The molecule has 0 aliphatic carbocycles. The molecule has 14 heavy (non-hydrogen) atoms. The van der Waals surface area contributed by atoms with Crippen LogP contribution in [0.5, 0.6) is 0 Å². The number of rotatable bonds is 1. The van der Waals surface area contributed by atoms with Gasteiger partial charge in [-0.1, -0.05) is 0 Å². The van der Waals surface area contributed by atoms with Crippen molar-refractivity contribution in [1.82, 2.24) is 0 Å². The van der Waals surface area contributed by atoms with Gasteiger partial charge in [-0.25, -0.2) is 8.78 Å². The Labute approximate surface area is 83.1 Å². The summed E-state index contributed by atoms with van der Waals surface area (Å²) in [5.74, 6) is 0. The summed E-state index contributed by atoms with van der Waals surface area (Å²) >= 11 is 1.34. The molecular weight excluding hydrogens is 206 g/mol. The molecule has 0 aliphatic rings. The smallest absolute Gasteiger partial charge is 0.266 e. The van der Waals surface area contributed by atoms with Gasteiger partial charge >= 0.3 is 0 Å². The van der Waals surface area contributed by atoms with Crippen molar-refractivity contribution in [3.63, 3.8) is 0 Å². The second kappa shape index (κ2) is 3.09. The molecule has 0 saturated heterocycles. The average Bonchev–Trinajstić information content (AvgIpc) is 2.51. The van der Waals surface area contributed by atoms with Crippen LogP contribution in [0.15, 0.2) is 17.5 Å². The lowest BCUT2D eigenvalue weighted by molar-refractivity contribution is 0.154. The highest BCUT2D eigenvalue weighted by Crippen LogP contribution is 2.38. The summed E-state index contributed by atoms with van der Waals surface area (Å²) in [6, 6.07) is 3.01. The van der Waals surface area contributed by atoms with Crippen molar-refractivity contribution < 1.29 is 8.78 Å². The third-order valence-electron chi connectivity index (χ3n) is 2.06. The van der Waals surface area contributed by atoms with Crippen LogP contribution in [0.4, 0.5) is 20.2 Å². The van der Waals surface area contributed by atoms with E-state index in [4.69, 9.17) is 11.5 Å². The maximum absolute atomic E-state index is 12.7. The van der Waals surface area contributed by atoms with Gasteiger partial charge in [-0.2, -0.15) is 0 Å². The van der Waals surface area contributed by atoms with Gasteiger partial charge in [0.1, 0.15) is 0 Å². The first-order valence-electron chi connectivity index (χ1n) is 3.94. The zero-order valence-electron chi connectivity index (χ0n) is 7.13. The minimum absolute atomic E-state index is 0.0587. The van der Waals surface area contributed by atoms with Crippen LogP contribution in [0.1, 0.15) is 12.0 Å². The fraction of sp³-hybridized carbons (Fsp3) is 0.111. The van der Waals surface area contributed by atoms with Crippen LogP contribution in [-0.4, -0.2) is 0 Å². The Hall–Kier alpha value is -1.36. The fourth-order valence-corrected chi connectivity index (χ4v) is 2.29. The first-order valence-corrected chi connectivity index (χ1v) is 4.82. The molecule has 0 radical (unpaired) electrons. The Morgan fingerprint density at radius 1 is 1.21 bits per heavy atom. The minimum atomic E-state index is -2.56. The van der Waals surface area contributed by atoms with Gasteiger partial charge < -0.3 is 11.5 Å². The number of alkyl halides is 2. The van der Waals surface area contributed by atoms with Crippen molar-refractivity contribution in [2.75, 3.05) is 11.5 Å². The van der Waals surface area contributed by atoms with E-state index in [1.807, 2.05) is 0 Å². The van der Waals surface area contributed by atoms with Crippen molar-refractivity contribution in [3.8, 4) is 0 Å². The molecule has 0 atom stereocenters. The van der Waals surface area contributed by atoms with Crippen LogP contribution >= 0.6 is 11.3 Å². The zero-order chi connectivity index (χ0) is 10.3. The molecule has 0 aliphatic heterocycles. The first kappa shape index (κ1) is 9.21. The number of hydrogen-bond acceptors (Lipinski definition) is 3. The van der Waals surface area contributed by atoms with Gasteiger partial charge in [-0.05, 0) is 17.5 Å². The molecule has 2 rings (SSSR count). The number of anilines is 2. The third-order valence-corrected chi connectivity index (χ3v) is 3.02. The predicted octanol–water partition coefficient (Wildman–Crippen LogP) is 3.00. The normalized spacial score (nSPS) is 11.4. The Bertz CT molecular complexity index is 479.